The number of amides is 1. The van der Waals surface area contributed by atoms with Crippen molar-refractivity contribution in [2.75, 3.05) is 11.9 Å². The first-order valence-electron chi connectivity index (χ1n) is 5.58. The van der Waals surface area contributed by atoms with E-state index in [2.05, 4.69) is 5.32 Å². The minimum atomic E-state index is -0.331. The molecule has 19 heavy (non-hydrogen) atoms. The van der Waals surface area contributed by atoms with Crippen molar-refractivity contribution in [1.82, 2.24) is 0 Å². The molecule has 98 valence electrons. The standard InChI is InChI=1S/C14H11FINO2/c15-10-6-7-13(12(16)8-10)17-14(18)9-19-11-4-2-1-3-5-11/h1-8H,9H2,(H,17,18). The molecule has 0 aromatic heterocycles. The summed E-state index contributed by atoms with van der Waals surface area (Å²) in [6, 6.07) is 13.3. The largest absolute Gasteiger partial charge is 0.484 e. The van der Waals surface area contributed by atoms with Crippen LogP contribution in [0, 0.1) is 9.39 Å². The third-order valence-corrected chi connectivity index (χ3v) is 3.21. The monoisotopic (exact) mass is 371 g/mol. The summed E-state index contributed by atoms with van der Waals surface area (Å²) in [5.74, 6) is 0.0164. The van der Waals surface area contributed by atoms with Gasteiger partial charge in [0.2, 0.25) is 0 Å². The maximum absolute atomic E-state index is 12.9. The number of benzene rings is 2. The van der Waals surface area contributed by atoms with E-state index in [0.29, 0.717) is 15.0 Å². The average molecular weight is 371 g/mol. The Bertz CT molecular complexity index is 575. The molecule has 0 atom stereocenters. The fourth-order valence-corrected chi connectivity index (χ4v) is 2.05. The van der Waals surface area contributed by atoms with Crippen molar-refractivity contribution in [2.45, 2.75) is 0 Å². The van der Waals surface area contributed by atoms with Crippen molar-refractivity contribution in [3.8, 4) is 5.75 Å². The maximum Gasteiger partial charge on any atom is 0.262 e. The van der Waals surface area contributed by atoms with E-state index in [1.54, 1.807) is 12.1 Å². The van der Waals surface area contributed by atoms with Crippen LogP contribution in [-0.4, -0.2) is 12.5 Å². The Morgan fingerprint density at radius 3 is 2.63 bits per heavy atom. The molecule has 1 N–H and O–H groups in total. The third kappa shape index (κ3) is 4.20. The van der Waals surface area contributed by atoms with Crippen LogP contribution in [0.1, 0.15) is 0 Å². The van der Waals surface area contributed by atoms with Crippen molar-refractivity contribution in [1.29, 1.82) is 0 Å². The van der Waals surface area contributed by atoms with E-state index in [1.165, 1.54) is 18.2 Å². The van der Waals surface area contributed by atoms with Crippen molar-refractivity contribution in [3.05, 3.63) is 57.9 Å². The molecule has 2 rings (SSSR count). The molecular formula is C14H11FINO2. The van der Waals surface area contributed by atoms with Crippen LogP contribution in [-0.2, 0) is 4.79 Å². The molecule has 2 aromatic carbocycles. The predicted octanol–water partition coefficient (Wildman–Crippen LogP) is 3.45. The molecule has 0 bridgehead atoms. The van der Waals surface area contributed by atoms with E-state index in [4.69, 9.17) is 4.74 Å². The van der Waals surface area contributed by atoms with Gasteiger partial charge in [0.1, 0.15) is 11.6 Å². The highest BCUT2D eigenvalue weighted by molar-refractivity contribution is 14.1. The summed E-state index contributed by atoms with van der Waals surface area (Å²) in [4.78, 5) is 11.7. The molecular weight excluding hydrogens is 360 g/mol. The molecule has 0 aliphatic rings. The van der Waals surface area contributed by atoms with Crippen molar-refractivity contribution >= 4 is 34.2 Å². The van der Waals surface area contributed by atoms with Crippen LogP contribution in [0.4, 0.5) is 10.1 Å². The summed E-state index contributed by atoms with van der Waals surface area (Å²) >= 11 is 1.96. The number of rotatable bonds is 4. The molecule has 0 unspecified atom stereocenters. The lowest BCUT2D eigenvalue weighted by Crippen LogP contribution is -2.20. The third-order valence-electron chi connectivity index (χ3n) is 2.32. The van der Waals surface area contributed by atoms with Gasteiger partial charge >= 0.3 is 0 Å². The first-order chi connectivity index (χ1) is 9.15. The zero-order valence-electron chi connectivity index (χ0n) is 9.90. The Hall–Kier alpha value is -1.63. The zero-order chi connectivity index (χ0) is 13.7. The van der Waals surface area contributed by atoms with E-state index in [9.17, 15) is 9.18 Å². The molecule has 3 nitrogen and oxygen atoms in total. The van der Waals surface area contributed by atoms with Gasteiger partial charge in [0.15, 0.2) is 6.61 Å². The summed E-state index contributed by atoms with van der Waals surface area (Å²) in [6.07, 6.45) is 0. The molecule has 1 amide bonds. The summed E-state index contributed by atoms with van der Waals surface area (Å²) < 4.78 is 18.9. The summed E-state index contributed by atoms with van der Waals surface area (Å²) in [5.41, 5.74) is 0.573. The van der Waals surface area contributed by atoms with Gasteiger partial charge in [0.25, 0.3) is 5.91 Å². The number of anilines is 1. The van der Waals surface area contributed by atoms with Crippen molar-refractivity contribution < 1.29 is 13.9 Å². The normalized spacial score (nSPS) is 10.0. The molecule has 5 heteroatoms. The van der Waals surface area contributed by atoms with E-state index in [0.717, 1.165) is 0 Å². The van der Waals surface area contributed by atoms with Gasteiger partial charge in [-0.05, 0) is 52.9 Å². The maximum atomic E-state index is 12.9. The molecule has 0 spiro atoms. The smallest absolute Gasteiger partial charge is 0.262 e. The second-order valence-electron chi connectivity index (χ2n) is 3.77. The second kappa shape index (κ2) is 6.51. The van der Waals surface area contributed by atoms with Crippen LogP contribution < -0.4 is 10.1 Å². The Kier molecular flexibility index (Phi) is 4.73. The number of ether oxygens (including phenoxy) is 1. The van der Waals surface area contributed by atoms with Crippen LogP contribution in [0.15, 0.2) is 48.5 Å². The number of para-hydroxylation sites is 1. The van der Waals surface area contributed by atoms with Crippen molar-refractivity contribution in [2.24, 2.45) is 0 Å². The van der Waals surface area contributed by atoms with E-state index in [-0.39, 0.29) is 18.3 Å². The van der Waals surface area contributed by atoms with Crippen LogP contribution >= 0.6 is 22.6 Å². The van der Waals surface area contributed by atoms with Crippen LogP contribution in [0.2, 0.25) is 0 Å². The molecule has 0 saturated heterocycles. The highest BCUT2D eigenvalue weighted by Gasteiger charge is 2.07. The fourth-order valence-electron chi connectivity index (χ4n) is 1.44. The number of hydrogen-bond donors (Lipinski definition) is 1. The van der Waals surface area contributed by atoms with Crippen LogP contribution in [0.5, 0.6) is 5.75 Å². The molecule has 0 saturated carbocycles. The first-order valence-corrected chi connectivity index (χ1v) is 6.66. The number of hydrogen-bond acceptors (Lipinski definition) is 2. The average Bonchev–Trinajstić information content (AvgIpc) is 2.41. The van der Waals surface area contributed by atoms with E-state index < -0.39 is 0 Å². The van der Waals surface area contributed by atoms with Crippen molar-refractivity contribution in [3.63, 3.8) is 0 Å². The lowest BCUT2D eigenvalue weighted by Gasteiger charge is -2.08. The molecule has 0 aliphatic heterocycles. The fraction of sp³-hybridized carbons (Fsp3) is 0.0714. The highest BCUT2D eigenvalue weighted by Crippen LogP contribution is 2.19. The van der Waals surface area contributed by atoms with Gasteiger partial charge in [0, 0.05) is 3.57 Å². The van der Waals surface area contributed by atoms with Gasteiger partial charge in [0.05, 0.1) is 5.69 Å². The highest BCUT2D eigenvalue weighted by atomic mass is 127. The molecule has 0 heterocycles. The molecule has 0 aliphatic carbocycles. The topological polar surface area (TPSA) is 38.3 Å². The number of nitrogens with one attached hydrogen (secondary N) is 1. The molecule has 0 radical (unpaired) electrons. The van der Waals surface area contributed by atoms with Gasteiger partial charge in [-0.2, -0.15) is 0 Å². The SMILES string of the molecule is O=C(COc1ccccc1)Nc1ccc(F)cc1I. The minimum Gasteiger partial charge on any atom is -0.484 e. The van der Waals surface area contributed by atoms with Crippen LogP contribution in [0.3, 0.4) is 0 Å². The number of halogens is 2. The Morgan fingerprint density at radius 2 is 1.95 bits per heavy atom. The number of carbonyl (C=O) groups excluding carboxylic acids is 1. The first kappa shape index (κ1) is 13.8. The van der Waals surface area contributed by atoms with E-state index >= 15 is 0 Å². The lowest BCUT2D eigenvalue weighted by molar-refractivity contribution is -0.118. The zero-order valence-corrected chi connectivity index (χ0v) is 12.1. The Labute approximate surface area is 123 Å². The van der Waals surface area contributed by atoms with Gasteiger partial charge in [-0.15, -0.1) is 0 Å². The minimum absolute atomic E-state index is 0.0858. The summed E-state index contributed by atoms with van der Waals surface area (Å²) in [7, 11) is 0. The van der Waals surface area contributed by atoms with Gasteiger partial charge < -0.3 is 10.1 Å². The molecule has 2 aromatic rings. The molecule has 0 fully saturated rings. The summed E-state index contributed by atoms with van der Waals surface area (Å²) in [6.45, 7) is -0.0858. The van der Waals surface area contributed by atoms with E-state index in [1.807, 2.05) is 40.8 Å². The quantitative estimate of drug-likeness (QED) is 0.837. The van der Waals surface area contributed by atoms with Crippen LogP contribution in [0.25, 0.3) is 0 Å². The summed E-state index contributed by atoms with van der Waals surface area (Å²) in [5, 5.41) is 2.67. The van der Waals surface area contributed by atoms with Gasteiger partial charge in [-0.3, -0.25) is 4.79 Å². The van der Waals surface area contributed by atoms with Gasteiger partial charge in [-0.1, -0.05) is 18.2 Å². The predicted molar refractivity (Wildman–Crippen MR) is 79.7 cm³/mol. The Morgan fingerprint density at radius 1 is 1.21 bits per heavy atom. The lowest BCUT2D eigenvalue weighted by atomic mass is 10.3. The second-order valence-corrected chi connectivity index (χ2v) is 4.94. The number of carbonyl (C=O) groups is 1. The Balaban J connectivity index is 1.91. The van der Waals surface area contributed by atoms with Gasteiger partial charge in [-0.25, -0.2) is 4.39 Å².